The summed E-state index contributed by atoms with van der Waals surface area (Å²) >= 11 is 10.6. The van der Waals surface area contributed by atoms with E-state index < -0.39 is 16.1 Å². The highest BCUT2D eigenvalue weighted by atomic mass is 127. The number of amidine groups is 1. The van der Waals surface area contributed by atoms with Crippen LogP contribution >= 0.6 is 45.5 Å². The molecule has 2 aliphatic heterocycles. The summed E-state index contributed by atoms with van der Waals surface area (Å²) in [7, 11) is -3.37. The molecule has 2 atom stereocenters. The van der Waals surface area contributed by atoms with E-state index >= 15 is 0 Å². The van der Waals surface area contributed by atoms with Crippen molar-refractivity contribution in [1.82, 2.24) is 19.9 Å². The Balaban J connectivity index is 1.47. The number of hydrogen-bond donors (Lipinski definition) is 2. The molecule has 0 bridgehead atoms. The van der Waals surface area contributed by atoms with E-state index in [4.69, 9.17) is 16.6 Å². The molecule has 204 valence electrons. The third kappa shape index (κ3) is 6.27. The molecule has 2 aromatic rings. The number of rotatable bonds is 11. The first kappa shape index (κ1) is 28.0. The van der Waals surface area contributed by atoms with Crippen molar-refractivity contribution in [3.05, 3.63) is 60.2 Å². The summed E-state index contributed by atoms with van der Waals surface area (Å²) in [4.78, 5) is 25.0. The number of carbonyl (C=O) groups excluding carboxylic acids is 1. The number of nitrogens with one attached hydrogen (secondary N) is 2. The van der Waals surface area contributed by atoms with Gasteiger partial charge in [-0.1, -0.05) is 17.7 Å². The number of aryl methyl sites for hydroxylation is 1. The number of halogens is 2. The SMILES string of the molecule is CCNC(=O)C1=C2C[C@H](NS(=O)(=O)C3CC3)CN2C(CCCCc2nccs2)=N[C@H]1c1ccc(I)cc1Cl. The van der Waals surface area contributed by atoms with Gasteiger partial charge in [-0.05, 0) is 73.8 Å². The van der Waals surface area contributed by atoms with Gasteiger partial charge in [0.2, 0.25) is 10.0 Å². The van der Waals surface area contributed by atoms with Gasteiger partial charge in [0, 0.05) is 63.4 Å². The first-order valence-corrected chi connectivity index (χ1v) is 16.8. The molecule has 1 aliphatic carbocycles. The van der Waals surface area contributed by atoms with Crippen molar-refractivity contribution < 1.29 is 13.2 Å². The van der Waals surface area contributed by atoms with E-state index in [1.807, 2.05) is 36.7 Å². The number of amides is 1. The first-order chi connectivity index (χ1) is 18.3. The molecule has 0 unspecified atom stereocenters. The average molecular weight is 688 g/mol. The fraction of sp³-hybridized carbons (Fsp3) is 0.500. The van der Waals surface area contributed by atoms with Crippen LogP contribution in [-0.2, 0) is 21.2 Å². The second kappa shape index (κ2) is 11.9. The van der Waals surface area contributed by atoms with Gasteiger partial charge >= 0.3 is 0 Å². The van der Waals surface area contributed by atoms with Crippen LogP contribution in [-0.4, -0.2) is 54.4 Å². The van der Waals surface area contributed by atoms with Gasteiger partial charge in [-0.15, -0.1) is 11.3 Å². The number of thiazole rings is 1. The van der Waals surface area contributed by atoms with Crippen LogP contribution in [0.2, 0.25) is 5.02 Å². The van der Waals surface area contributed by atoms with Gasteiger partial charge in [0.25, 0.3) is 5.91 Å². The summed E-state index contributed by atoms with van der Waals surface area (Å²) in [5.41, 5.74) is 2.17. The zero-order valence-corrected chi connectivity index (χ0v) is 25.7. The Morgan fingerprint density at radius 2 is 2.05 bits per heavy atom. The predicted octanol–water partition coefficient (Wildman–Crippen LogP) is 4.81. The van der Waals surface area contributed by atoms with E-state index in [0.717, 1.165) is 51.4 Å². The molecule has 38 heavy (non-hydrogen) atoms. The summed E-state index contributed by atoms with van der Waals surface area (Å²) in [5.74, 6) is 0.685. The number of aliphatic imine (C=N–C) groups is 1. The standard InChI is InChI=1S/C26H31ClIN5O3S2/c1-2-29-26(34)24-21-14-17(32-38(35,36)18-8-9-18)15-33(21)22(5-3-4-6-23-30-11-12-37-23)31-25(24)19-10-7-16(28)13-20(19)27/h7,10-13,17-18,25,32H,2-6,8-9,14-15H2,1H3,(H,29,34)/t17-,25-/m0/s1. The van der Waals surface area contributed by atoms with Crippen LogP contribution in [0.15, 0.2) is 46.0 Å². The van der Waals surface area contributed by atoms with E-state index in [2.05, 4.69) is 42.5 Å². The lowest BCUT2D eigenvalue weighted by Gasteiger charge is -2.33. The van der Waals surface area contributed by atoms with Gasteiger partial charge < -0.3 is 10.2 Å². The van der Waals surface area contributed by atoms with E-state index in [1.54, 1.807) is 11.3 Å². The second-order valence-corrected chi connectivity index (χ2v) is 14.5. The Morgan fingerprint density at radius 1 is 1.26 bits per heavy atom. The van der Waals surface area contributed by atoms with Crippen molar-refractivity contribution in [1.29, 1.82) is 0 Å². The van der Waals surface area contributed by atoms with Crippen LogP contribution in [0.25, 0.3) is 0 Å². The number of unbranched alkanes of at least 4 members (excludes halogenated alkanes) is 1. The maximum Gasteiger partial charge on any atom is 0.251 e. The molecule has 2 N–H and O–H groups in total. The molecule has 5 rings (SSSR count). The van der Waals surface area contributed by atoms with Crippen molar-refractivity contribution in [3.8, 4) is 0 Å². The number of carbonyl (C=O) groups is 1. The number of aromatic nitrogens is 1. The lowest BCUT2D eigenvalue weighted by Crippen LogP contribution is -2.41. The number of fused-ring (bicyclic) bond motifs is 1. The summed E-state index contributed by atoms with van der Waals surface area (Å²) in [6.45, 7) is 2.82. The number of likely N-dealkylation sites (N-methyl/N-ethyl adjacent to an activating group) is 1. The lowest BCUT2D eigenvalue weighted by atomic mass is 9.93. The summed E-state index contributed by atoms with van der Waals surface area (Å²) in [5, 5.41) is 6.33. The molecule has 1 saturated carbocycles. The average Bonchev–Trinajstić information content (AvgIpc) is 3.47. The van der Waals surface area contributed by atoms with Crippen molar-refractivity contribution in [2.45, 2.75) is 69.2 Å². The Kier molecular flexibility index (Phi) is 8.78. The second-order valence-electron chi connectivity index (χ2n) is 9.84. The fourth-order valence-electron chi connectivity index (χ4n) is 5.08. The molecule has 0 radical (unpaired) electrons. The highest BCUT2D eigenvalue weighted by molar-refractivity contribution is 14.1. The molecule has 3 aliphatic rings. The van der Waals surface area contributed by atoms with Crippen LogP contribution < -0.4 is 10.0 Å². The van der Waals surface area contributed by atoms with Crippen molar-refractivity contribution in [3.63, 3.8) is 0 Å². The third-order valence-corrected chi connectivity index (χ3v) is 10.8. The van der Waals surface area contributed by atoms with Crippen LogP contribution in [0.1, 0.15) is 62.1 Å². The summed E-state index contributed by atoms with van der Waals surface area (Å²) in [6.07, 6.45) is 7.18. The molecule has 2 fully saturated rings. The highest BCUT2D eigenvalue weighted by Crippen LogP contribution is 2.42. The minimum Gasteiger partial charge on any atom is -0.352 e. The Bertz CT molecular complexity index is 1360. The van der Waals surface area contributed by atoms with E-state index in [9.17, 15) is 13.2 Å². The Hall–Kier alpha value is -1.54. The zero-order chi connectivity index (χ0) is 26.9. The maximum absolute atomic E-state index is 13.5. The number of sulfonamides is 1. The number of nitrogens with zero attached hydrogens (tertiary/aromatic N) is 3. The largest absolute Gasteiger partial charge is 0.352 e. The molecule has 0 spiro atoms. The third-order valence-electron chi connectivity index (χ3n) is 7.00. The molecule has 12 heteroatoms. The van der Waals surface area contributed by atoms with Crippen molar-refractivity contribution >= 4 is 67.3 Å². The number of hydrogen-bond acceptors (Lipinski definition) is 7. The zero-order valence-electron chi connectivity index (χ0n) is 21.1. The van der Waals surface area contributed by atoms with E-state index in [-0.39, 0.29) is 17.2 Å². The van der Waals surface area contributed by atoms with Gasteiger partial charge in [-0.3, -0.25) is 9.79 Å². The normalized spacial score (nSPS) is 21.4. The predicted molar refractivity (Wildman–Crippen MR) is 160 cm³/mol. The minimum atomic E-state index is -3.37. The molecule has 1 aromatic carbocycles. The van der Waals surface area contributed by atoms with Gasteiger partial charge in [0.05, 0.1) is 15.8 Å². The smallest absolute Gasteiger partial charge is 0.251 e. The van der Waals surface area contributed by atoms with Crippen LogP contribution in [0.5, 0.6) is 0 Å². The Labute approximate surface area is 246 Å². The monoisotopic (exact) mass is 687 g/mol. The molecule has 3 heterocycles. The maximum atomic E-state index is 13.5. The van der Waals surface area contributed by atoms with E-state index in [1.165, 1.54) is 0 Å². The lowest BCUT2D eigenvalue weighted by molar-refractivity contribution is -0.117. The van der Waals surface area contributed by atoms with E-state index in [0.29, 0.717) is 42.9 Å². The summed E-state index contributed by atoms with van der Waals surface area (Å²) < 4.78 is 29.4. The van der Waals surface area contributed by atoms with Gasteiger partial charge in [-0.2, -0.15) is 0 Å². The molecule has 1 saturated heterocycles. The van der Waals surface area contributed by atoms with Gasteiger partial charge in [0.1, 0.15) is 11.9 Å². The van der Waals surface area contributed by atoms with Crippen LogP contribution in [0.4, 0.5) is 0 Å². The van der Waals surface area contributed by atoms with Crippen molar-refractivity contribution in [2.24, 2.45) is 4.99 Å². The van der Waals surface area contributed by atoms with Crippen LogP contribution in [0, 0.1) is 3.57 Å². The van der Waals surface area contributed by atoms with Gasteiger partial charge in [-0.25, -0.2) is 18.1 Å². The molecule has 1 aromatic heterocycles. The fourth-order valence-corrected chi connectivity index (χ4v) is 8.27. The number of benzene rings is 1. The Morgan fingerprint density at radius 3 is 2.74 bits per heavy atom. The molecule has 1 amide bonds. The summed E-state index contributed by atoms with van der Waals surface area (Å²) in [6, 6.07) is 4.93. The molecular formula is C26H31ClIN5O3S2. The molecule has 8 nitrogen and oxygen atoms in total. The van der Waals surface area contributed by atoms with Crippen molar-refractivity contribution in [2.75, 3.05) is 13.1 Å². The minimum absolute atomic E-state index is 0.190. The first-order valence-electron chi connectivity index (χ1n) is 13.0. The molecular weight excluding hydrogens is 657 g/mol. The highest BCUT2D eigenvalue weighted by Gasteiger charge is 2.43. The topological polar surface area (TPSA) is 104 Å². The van der Waals surface area contributed by atoms with Gasteiger partial charge in [0.15, 0.2) is 0 Å². The van der Waals surface area contributed by atoms with Crippen LogP contribution in [0.3, 0.4) is 0 Å². The quantitative estimate of drug-likeness (QED) is 0.261.